The summed E-state index contributed by atoms with van der Waals surface area (Å²) in [5.74, 6) is -0.217. The molecule has 1 heterocycles. The van der Waals surface area contributed by atoms with E-state index in [1.54, 1.807) is 17.0 Å². The van der Waals surface area contributed by atoms with Gasteiger partial charge in [-0.15, -0.1) is 0 Å². The molecule has 4 nitrogen and oxygen atoms in total. The second-order valence-corrected chi connectivity index (χ2v) is 5.59. The summed E-state index contributed by atoms with van der Waals surface area (Å²) in [4.78, 5) is 25.5. The zero-order chi connectivity index (χ0) is 13.8. The topological polar surface area (TPSA) is 49.4 Å². The smallest absolute Gasteiger partial charge is 0.251 e. The van der Waals surface area contributed by atoms with Crippen LogP contribution in [0.4, 0.5) is 0 Å². The summed E-state index contributed by atoms with van der Waals surface area (Å²) in [5.41, 5.74) is 1.64. The number of nitrogens with zero attached hydrogens (tertiary/aromatic N) is 1. The minimum Gasteiger partial charge on any atom is -0.343 e. The van der Waals surface area contributed by atoms with E-state index >= 15 is 0 Å². The molecule has 1 aromatic rings. The molecule has 0 bridgehead atoms. The van der Waals surface area contributed by atoms with Crippen LogP contribution in [0.2, 0.25) is 0 Å². The molecule has 0 unspecified atom stereocenters. The molecular weight excluding hydrogens is 308 g/mol. The maximum Gasteiger partial charge on any atom is 0.251 e. The number of amides is 2. The average Bonchev–Trinajstić information content (AvgIpc) is 2.92. The Morgan fingerprint density at radius 1 is 1.32 bits per heavy atom. The number of aryl methyl sites for hydroxylation is 1. The number of carbonyl (C=O) groups is 2. The zero-order valence-electron chi connectivity index (χ0n) is 10.9. The van der Waals surface area contributed by atoms with Crippen molar-refractivity contribution < 1.29 is 9.59 Å². The average molecular weight is 325 g/mol. The molecule has 0 radical (unpaired) electrons. The molecule has 2 rings (SSSR count). The van der Waals surface area contributed by atoms with Gasteiger partial charge in [-0.3, -0.25) is 9.59 Å². The van der Waals surface area contributed by atoms with E-state index in [1.165, 1.54) is 0 Å². The SMILES string of the molecule is Cc1ccc(C(=O)NCC(=O)N2CCCC2)cc1Br. The highest BCUT2D eigenvalue weighted by Crippen LogP contribution is 2.17. The number of hydrogen-bond acceptors (Lipinski definition) is 2. The second-order valence-electron chi connectivity index (χ2n) is 4.73. The van der Waals surface area contributed by atoms with Crippen LogP contribution >= 0.6 is 15.9 Å². The fraction of sp³-hybridized carbons (Fsp3) is 0.429. The third-order valence-corrected chi connectivity index (χ3v) is 4.15. The van der Waals surface area contributed by atoms with Gasteiger partial charge < -0.3 is 10.2 Å². The van der Waals surface area contributed by atoms with Crippen LogP contribution in [-0.4, -0.2) is 36.3 Å². The number of nitrogens with one attached hydrogen (secondary N) is 1. The number of rotatable bonds is 3. The van der Waals surface area contributed by atoms with Gasteiger partial charge in [0.25, 0.3) is 5.91 Å². The lowest BCUT2D eigenvalue weighted by molar-refractivity contribution is -0.129. The minimum atomic E-state index is -0.215. The van der Waals surface area contributed by atoms with Crippen molar-refractivity contribution in [3.05, 3.63) is 33.8 Å². The standard InChI is InChI=1S/C14H17BrN2O2/c1-10-4-5-11(8-12(10)15)14(19)16-9-13(18)17-6-2-3-7-17/h4-5,8H,2-3,6-7,9H2,1H3,(H,16,19). The van der Waals surface area contributed by atoms with Crippen LogP contribution in [0, 0.1) is 6.92 Å². The fourth-order valence-electron chi connectivity index (χ4n) is 2.07. The Morgan fingerprint density at radius 3 is 2.63 bits per heavy atom. The highest BCUT2D eigenvalue weighted by atomic mass is 79.9. The van der Waals surface area contributed by atoms with E-state index in [0.29, 0.717) is 5.56 Å². The molecular formula is C14H17BrN2O2. The molecule has 0 aromatic heterocycles. The Morgan fingerprint density at radius 2 is 2.00 bits per heavy atom. The van der Waals surface area contributed by atoms with Crippen molar-refractivity contribution in [2.24, 2.45) is 0 Å². The van der Waals surface area contributed by atoms with Gasteiger partial charge in [0, 0.05) is 23.1 Å². The molecule has 2 amide bonds. The molecule has 0 aliphatic carbocycles. The Balaban J connectivity index is 1.90. The van der Waals surface area contributed by atoms with E-state index in [2.05, 4.69) is 21.2 Å². The Labute approximate surface area is 121 Å². The molecule has 1 fully saturated rings. The van der Waals surface area contributed by atoms with Gasteiger partial charge in [0.05, 0.1) is 6.54 Å². The lowest BCUT2D eigenvalue weighted by Crippen LogP contribution is -2.38. The van der Waals surface area contributed by atoms with Crippen LogP contribution in [0.5, 0.6) is 0 Å². The first kappa shape index (κ1) is 14.1. The zero-order valence-corrected chi connectivity index (χ0v) is 12.5. The van der Waals surface area contributed by atoms with E-state index in [-0.39, 0.29) is 18.4 Å². The number of halogens is 1. The first-order chi connectivity index (χ1) is 9.08. The molecule has 0 atom stereocenters. The van der Waals surface area contributed by atoms with E-state index in [9.17, 15) is 9.59 Å². The Bertz CT molecular complexity index is 496. The molecule has 1 aliphatic heterocycles. The van der Waals surface area contributed by atoms with E-state index in [0.717, 1.165) is 36.0 Å². The van der Waals surface area contributed by atoms with Gasteiger partial charge in [-0.2, -0.15) is 0 Å². The molecule has 102 valence electrons. The summed E-state index contributed by atoms with van der Waals surface area (Å²) in [5, 5.41) is 2.67. The summed E-state index contributed by atoms with van der Waals surface area (Å²) < 4.78 is 0.894. The third kappa shape index (κ3) is 3.56. The monoisotopic (exact) mass is 324 g/mol. The van der Waals surface area contributed by atoms with Crippen LogP contribution < -0.4 is 5.32 Å². The van der Waals surface area contributed by atoms with Crippen molar-refractivity contribution in [3.8, 4) is 0 Å². The van der Waals surface area contributed by atoms with Crippen molar-refractivity contribution >= 4 is 27.7 Å². The second kappa shape index (κ2) is 6.19. The fourth-order valence-corrected chi connectivity index (χ4v) is 2.45. The molecule has 1 aliphatic rings. The van der Waals surface area contributed by atoms with Gasteiger partial charge in [0.2, 0.25) is 5.91 Å². The highest BCUT2D eigenvalue weighted by molar-refractivity contribution is 9.10. The lowest BCUT2D eigenvalue weighted by atomic mass is 10.1. The maximum atomic E-state index is 11.9. The predicted molar refractivity (Wildman–Crippen MR) is 77.0 cm³/mol. The van der Waals surface area contributed by atoms with E-state index in [1.807, 2.05) is 13.0 Å². The van der Waals surface area contributed by atoms with Crippen LogP contribution in [0.1, 0.15) is 28.8 Å². The van der Waals surface area contributed by atoms with Crippen molar-refractivity contribution in [3.63, 3.8) is 0 Å². The van der Waals surface area contributed by atoms with E-state index < -0.39 is 0 Å². The minimum absolute atomic E-state index is 0.00275. The molecule has 19 heavy (non-hydrogen) atoms. The van der Waals surface area contributed by atoms with Gasteiger partial charge >= 0.3 is 0 Å². The van der Waals surface area contributed by atoms with Crippen LogP contribution in [0.25, 0.3) is 0 Å². The highest BCUT2D eigenvalue weighted by Gasteiger charge is 2.18. The largest absolute Gasteiger partial charge is 0.343 e. The van der Waals surface area contributed by atoms with Gasteiger partial charge in [0.1, 0.15) is 0 Å². The number of benzene rings is 1. The molecule has 0 spiro atoms. The van der Waals surface area contributed by atoms with Crippen molar-refractivity contribution in [1.82, 2.24) is 10.2 Å². The maximum absolute atomic E-state index is 11.9. The van der Waals surface area contributed by atoms with Crippen LogP contribution in [0.3, 0.4) is 0 Å². The predicted octanol–water partition coefficient (Wildman–Crippen LogP) is 2.11. The summed E-state index contributed by atoms with van der Waals surface area (Å²) in [6.07, 6.45) is 2.12. The Kier molecular flexibility index (Phi) is 4.58. The van der Waals surface area contributed by atoms with Crippen molar-refractivity contribution in [2.75, 3.05) is 19.6 Å². The number of hydrogen-bond donors (Lipinski definition) is 1. The molecule has 0 saturated carbocycles. The molecule has 5 heteroatoms. The lowest BCUT2D eigenvalue weighted by Gasteiger charge is -2.15. The van der Waals surface area contributed by atoms with Gasteiger partial charge in [-0.25, -0.2) is 0 Å². The number of carbonyl (C=O) groups excluding carboxylic acids is 2. The summed E-state index contributed by atoms with van der Waals surface area (Å²) in [6, 6.07) is 5.40. The van der Waals surface area contributed by atoms with Crippen LogP contribution in [-0.2, 0) is 4.79 Å². The summed E-state index contributed by atoms with van der Waals surface area (Å²) in [6.45, 7) is 3.66. The molecule has 1 N–H and O–H groups in total. The number of likely N-dealkylation sites (tertiary alicyclic amines) is 1. The molecule has 1 aromatic carbocycles. The normalized spacial score (nSPS) is 14.5. The molecule has 1 saturated heterocycles. The summed E-state index contributed by atoms with van der Waals surface area (Å²) in [7, 11) is 0. The third-order valence-electron chi connectivity index (χ3n) is 3.29. The first-order valence-electron chi connectivity index (χ1n) is 6.40. The quantitative estimate of drug-likeness (QED) is 0.925. The van der Waals surface area contributed by atoms with Gasteiger partial charge in [0.15, 0.2) is 0 Å². The van der Waals surface area contributed by atoms with E-state index in [4.69, 9.17) is 0 Å². The Hall–Kier alpha value is -1.36. The van der Waals surface area contributed by atoms with Gasteiger partial charge in [-0.05, 0) is 37.5 Å². The first-order valence-corrected chi connectivity index (χ1v) is 7.19. The van der Waals surface area contributed by atoms with Crippen molar-refractivity contribution in [2.45, 2.75) is 19.8 Å². The van der Waals surface area contributed by atoms with Crippen LogP contribution in [0.15, 0.2) is 22.7 Å². The summed E-state index contributed by atoms with van der Waals surface area (Å²) >= 11 is 3.39. The van der Waals surface area contributed by atoms with Crippen molar-refractivity contribution in [1.29, 1.82) is 0 Å². The van der Waals surface area contributed by atoms with Gasteiger partial charge in [-0.1, -0.05) is 22.0 Å².